The molecule has 0 spiro atoms. The third-order valence-electron chi connectivity index (χ3n) is 6.55. The highest BCUT2D eigenvalue weighted by Crippen LogP contribution is 2.40. The number of carbonyl (C=O) groups is 1. The lowest BCUT2D eigenvalue weighted by Gasteiger charge is -2.34. The van der Waals surface area contributed by atoms with Crippen molar-refractivity contribution in [3.63, 3.8) is 0 Å². The second-order valence-electron chi connectivity index (χ2n) is 8.92. The summed E-state index contributed by atoms with van der Waals surface area (Å²) in [5, 5.41) is 7.27. The largest absolute Gasteiger partial charge is 0.401 e. The molecule has 0 aliphatic carbocycles. The van der Waals surface area contributed by atoms with Crippen LogP contribution in [-0.2, 0) is 18.4 Å². The Morgan fingerprint density at radius 2 is 1.94 bits per heavy atom. The lowest BCUT2D eigenvalue weighted by molar-refractivity contribution is -0.149. The molecule has 2 aromatic heterocycles. The molecule has 4 heterocycles. The molecular weight excluding hydrogens is 464 g/mol. The minimum Gasteiger partial charge on any atom is -0.338 e. The average molecular weight is 488 g/mol. The predicted molar refractivity (Wildman–Crippen MR) is 123 cm³/mol. The first-order chi connectivity index (χ1) is 16.7. The van der Waals surface area contributed by atoms with Crippen molar-refractivity contribution in [3.05, 3.63) is 54.1 Å². The van der Waals surface area contributed by atoms with E-state index in [1.807, 2.05) is 6.07 Å². The van der Waals surface area contributed by atoms with E-state index in [0.29, 0.717) is 41.3 Å². The summed E-state index contributed by atoms with van der Waals surface area (Å²) < 4.78 is 55.1. The molecule has 0 bridgehead atoms. The number of alkyl halides is 3. The van der Waals surface area contributed by atoms with Crippen LogP contribution in [0, 0.1) is 11.7 Å². The van der Waals surface area contributed by atoms with E-state index in [-0.39, 0.29) is 25.5 Å². The number of anilines is 3. The molecule has 0 atom stereocenters. The quantitative estimate of drug-likeness (QED) is 0.551. The fourth-order valence-corrected chi connectivity index (χ4v) is 4.79. The summed E-state index contributed by atoms with van der Waals surface area (Å²) in [4.78, 5) is 21.0. The monoisotopic (exact) mass is 488 g/mol. The van der Waals surface area contributed by atoms with Crippen LogP contribution in [0.1, 0.15) is 18.4 Å². The van der Waals surface area contributed by atoms with Crippen LogP contribution in [0.5, 0.6) is 0 Å². The summed E-state index contributed by atoms with van der Waals surface area (Å²) in [6.45, 7) is -0.384. The van der Waals surface area contributed by atoms with Gasteiger partial charge in [0, 0.05) is 42.6 Å². The van der Waals surface area contributed by atoms with E-state index in [1.165, 1.54) is 11.0 Å². The Hall–Kier alpha value is -3.47. The Kier molecular flexibility index (Phi) is 5.96. The molecule has 0 radical (unpaired) electrons. The number of halogens is 4. The van der Waals surface area contributed by atoms with Gasteiger partial charge in [-0.05, 0) is 44.1 Å². The number of nitrogens with one attached hydrogen (secondary N) is 1. The number of nitrogens with zero attached hydrogens (tertiary/aromatic N) is 5. The Balaban J connectivity index is 1.49. The van der Waals surface area contributed by atoms with Gasteiger partial charge in [0.1, 0.15) is 11.6 Å². The first-order valence-corrected chi connectivity index (χ1v) is 11.3. The highest BCUT2D eigenvalue weighted by molar-refractivity contribution is 6.00. The van der Waals surface area contributed by atoms with Crippen molar-refractivity contribution in [2.75, 3.05) is 29.9 Å². The Morgan fingerprint density at radius 3 is 2.63 bits per heavy atom. The molecule has 1 saturated heterocycles. The molecule has 7 nitrogen and oxygen atoms in total. The number of amides is 1. The number of likely N-dealkylation sites (tertiary alicyclic amines) is 1. The molecular formula is C24H24F4N6O. The summed E-state index contributed by atoms with van der Waals surface area (Å²) in [5.41, 5.74) is 2.49. The molecule has 3 aromatic rings. The number of carbonyl (C=O) groups excluding carboxylic acids is 1. The molecule has 1 amide bonds. The first-order valence-electron chi connectivity index (χ1n) is 11.3. The molecule has 2 aliphatic heterocycles. The lowest BCUT2D eigenvalue weighted by Crippen LogP contribution is -2.45. The predicted octanol–water partition coefficient (Wildman–Crippen LogP) is 4.49. The zero-order chi connectivity index (χ0) is 24.7. The van der Waals surface area contributed by atoms with Gasteiger partial charge in [-0.3, -0.25) is 14.4 Å². The summed E-state index contributed by atoms with van der Waals surface area (Å²) >= 11 is 0. The Morgan fingerprint density at radius 1 is 1.17 bits per heavy atom. The van der Waals surface area contributed by atoms with E-state index in [1.54, 1.807) is 47.2 Å². The van der Waals surface area contributed by atoms with Gasteiger partial charge in [0.25, 0.3) is 0 Å². The number of aryl methyl sites for hydroxylation is 1. The highest BCUT2D eigenvalue weighted by Gasteiger charge is 2.36. The Labute approximate surface area is 199 Å². The molecule has 1 aromatic carbocycles. The van der Waals surface area contributed by atoms with Gasteiger partial charge in [-0.15, -0.1) is 0 Å². The minimum absolute atomic E-state index is 0.191. The minimum atomic E-state index is -4.27. The third-order valence-corrected chi connectivity index (χ3v) is 6.55. The standard InChI is InChI=1S/C24H24F4N6O/c1-32-20(4-8-30-32)17-11-21-19(12-18(17)25)31-22-16(3-2-7-29-22)13-34(21)23(35)15-5-9-33(10-6-15)14-24(26,27)28/h2-4,7-8,11-12,15H,5-6,9-10,13-14H2,1H3,(H,29,31). The van der Waals surface area contributed by atoms with E-state index in [4.69, 9.17) is 0 Å². The second-order valence-corrected chi connectivity index (χ2v) is 8.92. The fourth-order valence-electron chi connectivity index (χ4n) is 4.79. The number of hydrogen-bond donors (Lipinski definition) is 1. The number of pyridine rings is 1. The van der Waals surface area contributed by atoms with Crippen molar-refractivity contribution < 1.29 is 22.4 Å². The van der Waals surface area contributed by atoms with Gasteiger partial charge in [-0.1, -0.05) is 6.07 Å². The third kappa shape index (κ3) is 4.72. The summed E-state index contributed by atoms with van der Waals surface area (Å²) in [6, 6.07) is 8.25. The van der Waals surface area contributed by atoms with Crippen molar-refractivity contribution in [1.82, 2.24) is 19.7 Å². The molecule has 5 rings (SSSR count). The van der Waals surface area contributed by atoms with Gasteiger partial charge in [-0.2, -0.15) is 18.3 Å². The van der Waals surface area contributed by atoms with E-state index >= 15 is 4.39 Å². The van der Waals surface area contributed by atoms with Gasteiger partial charge in [0.15, 0.2) is 0 Å². The van der Waals surface area contributed by atoms with Crippen molar-refractivity contribution >= 4 is 23.1 Å². The van der Waals surface area contributed by atoms with Crippen molar-refractivity contribution in [3.8, 4) is 11.3 Å². The van der Waals surface area contributed by atoms with Crippen LogP contribution in [0.3, 0.4) is 0 Å². The molecule has 0 unspecified atom stereocenters. The van der Waals surface area contributed by atoms with Gasteiger partial charge in [-0.25, -0.2) is 9.37 Å². The number of rotatable bonds is 3. The van der Waals surface area contributed by atoms with Crippen LogP contribution in [0.15, 0.2) is 42.7 Å². The van der Waals surface area contributed by atoms with E-state index < -0.39 is 24.5 Å². The number of hydrogen-bond acceptors (Lipinski definition) is 5. The van der Waals surface area contributed by atoms with Crippen LogP contribution < -0.4 is 10.2 Å². The summed E-state index contributed by atoms with van der Waals surface area (Å²) in [5.74, 6) is -0.585. The van der Waals surface area contributed by atoms with Gasteiger partial charge in [0.05, 0.1) is 30.2 Å². The van der Waals surface area contributed by atoms with Crippen molar-refractivity contribution in [1.29, 1.82) is 0 Å². The van der Waals surface area contributed by atoms with Gasteiger partial charge < -0.3 is 10.2 Å². The number of fused-ring (bicyclic) bond motifs is 2. The summed E-state index contributed by atoms with van der Waals surface area (Å²) in [7, 11) is 1.70. The highest BCUT2D eigenvalue weighted by atomic mass is 19.4. The van der Waals surface area contributed by atoms with Gasteiger partial charge in [0.2, 0.25) is 5.91 Å². The molecule has 11 heteroatoms. The van der Waals surface area contributed by atoms with E-state index in [0.717, 1.165) is 5.56 Å². The zero-order valence-corrected chi connectivity index (χ0v) is 19.0. The van der Waals surface area contributed by atoms with Crippen molar-refractivity contribution in [2.24, 2.45) is 13.0 Å². The average Bonchev–Trinajstić information content (AvgIpc) is 3.16. The van der Waals surface area contributed by atoms with Crippen molar-refractivity contribution in [2.45, 2.75) is 25.6 Å². The molecule has 2 aliphatic rings. The van der Waals surface area contributed by atoms with Crippen LogP contribution >= 0.6 is 0 Å². The summed E-state index contributed by atoms with van der Waals surface area (Å²) in [6.07, 6.45) is -0.446. The Bertz CT molecular complexity index is 1250. The molecule has 35 heavy (non-hydrogen) atoms. The maximum absolute atomic E-state index is 15.2. The fraction of sp³-hybridized carbons (Fsp3) is 0.375. The van der Waals surface area contributed by atoms with Gasteiger partial charge >= 0.3 is 6.18 Å². The lowest BCUT2D eigenvalue weighted by atomic mass is 9.94. The number of aromatic nitrogens is 3. The molecule has 0 saturated carbocycles. The smallest absolute Gasteiger partial charge is 0.338 e. The van der Waals surface area contributed by atoms with E-state index in [2.05, 4.69) is 15.4 Å². The van der Waals surface area contributed by atoms with Crippen LogP contribution in [0.2, 0.25) is 0 Å². The van der Waals surface area contributed by atoms with Crippen LogP contribution in [0.4, 0.5) is 34.8 Å². The first kappa shape index (κ1) is 23.3. The second kappa shape index (κ2) is 8.95. The normalized spacial score (nSPS) is 16.9. The maximum atomic E-state index is 15.2. The number of piperidine rings is 1. The molecule has 1 fully saturated rings. The van der Waals surface area contributed by atoms with Crippen LogP contribution in [0.25, 0.3) is 11.3 Å². The maximum Gasteiger partial charge on any atom is 0.401 e. The number of benzene rings is 1. The van der Waals surface area contributed by atoms with E-state index in [9.17, 15) is 18.0 Å². The van der Waals surface area contributed by atoms with Crippen LogP contribution in [-0.4, -0.2) is 51.4 Å². The molecule has 184 valence electrons. The topological polar surface area (TPSA) is 66.3 Å². The zero-order valence-electron chi connectivity index (χ0n) is 19.0. The molecule has 1 N–H and O–H groups in total. The SMILES string of the molecule is Cn1nccc1-c1cc2c(cc1F)Nc1ncccc1CN2C(=O)C1CCN(CC(F)(F)F)CC1.